The summed E-state index contributed by atoms with van der Waals surface area (Å²) in [6.07, 6.45) is -2.16. The van der Waals surface area contributed by atoms with Crippen molar-refractivity contribution in [2.45, 2.75) is 56.6 Å². The summed E-state index contributed by atoms with van der Waals surface area (Å²) in [7, 11) is 3.47. The van der Waals surface area contributed by atoms with Gasteiger partial charge in [-0.25, -0.2) is 9.97 Å². The number of methoxy groups -OCH3 is 1. The fourth-order valence-electron chi connectivity index (χ4n) is 5.65. The number of aliphatic hydroxyl groups excluding tert-OH is 1. The number of hydrogen-bond donors (Lipinski definition) is 2. The molecule has 1 saturated heterocycles. The summed E-state index contributed by atoms with van der Waals surface area (Å²) in [6.45, 7) is 2.55. The van der Waals surface area contributed by atoms with Crippen LogP contribution in [0, 0.1) is 0 Å². The molecule has 4 heterocycles. The molecule has 0 spiro atoms. The number of nitrogens with one attached hydrogen (secondary N) is 1. The molecule has 1 aromatic carbocycles. The minimum absolute atomic E-state index is 0.0666. The summed E-state index contributed by atoms with van der Waals surface area (Å²) in [5.74, 6) is 2.03. The third-order valence-corrected chi connectivity index (χ3v) is 9.07. The Morgan fingerprint density at radius 3 is 2.60 bits per heavy atom. The maximum absolute atomic E-state index is 12.9. The Hall–Kier alpha value is -3.55. The lowest BCUT2D eigenvalue weighted by Gasteiger charge is -2.32. The Balaban J connectivity index is 1.08. The molecule has 3 aromatic heterocycles. The van der Waals surface area contributed by atoms with Gasteiger partial charge in [-0.3, -0.25) is 0 Å². The van der Waals surface area contributed by atoms with Gasteiger partial charge in [0.05, 0.1) is 36.8 Å². The van der Waals surface area contributed by atoms with Crippen LogP contribution in [-0.2, 0) is 13.0 Å². The maximum Gasteiger partial charge on any atom is 0.393 e. The van der Waals surface area contributed by atoms with Crippen molar-refractivity contribution in [2.24, 2.45) is 0 Å². The van der Waals surface area contributed by atoms with E-state index in [0.29, 0.717) is 41.2 Å². The van der Waals surface area contributed by atoms with Crippen LogP contribution in [0.3, 0.4) is 0 Å². The second-order valence-electron chi connectivity index (χ2n) is 10.9. The van der Waals surface area contributed by atoms with E-state index in [4.69, 9.17) is 4.74 Å². The van der Waals surface area contributed by atoms with Crippen LogP contribution in [0.25, 0.3) is 21.5 Å². The fraction of sp³-hybridized carbons (Fsp3) is 0.448. The highest BCUT2D eigenvalue weighted by atomic mass is 32.1. The highest BCUT2D eigenvalue weighted by Gasteiger charge is 2.37. The van der Waals surface area contributed by atoms with Crippen molar-refractivity contribution in [1.29, 1.82) is 0 Å². The summed E-state index contributed by atoms with van der Waals surface area (Å²) in [6, 6.07) is 11.4. The molecule has 1 saturated carbocycles. The molecule has 0 radical (unpaired) electrons. The standard InChI is InChI=1S/C29H32F3N7O2S/c1-38(26-21-12-20(14-29(30,31)32)42-28(21)35-16-34-26)23-10-19(11-24(23)40)33-15-17-4-6-18(7-5-17)22-13-25(41-2)27(37-36-22)39-8-3-9-39/h4-7,12-13,16,19,23-24,33,40H,3,8-11,14-15H2,1-2H3/t19-,23+,24-/m1/s1. The molecule has 2 fully saturated rings. The molecule has 4 aromatic rings. The normalized spacial score (nSPS) is 20.6. The van der Waals surface area contributed by atoms with Crippen molar-refractivity contribution >= 4 is 33.2 Å². The highest BCUT2D eigenvalue weighted by molar-refractivity contribution is 7.18. The Labute approximate surface area is 245 Å². The number of ether oxygens (including phenoxy) is 1. The van der Waals surface area contributed by atoms with Gasteiger partial charge in [-0.05, 0) is 30.9 Å². The second kappa shape index (κ2) is 11.6. The molecule has 2 aliphatic rings. The predicted molar refractivity (Wildman–Crippen MR) is 156 cm³/mol. The zero-order valence-electron chi connectivity index (χ0n) is 23.3. The second-order valence-corrected chi connectivity index (χ2v) is 12.0. The smallest absolute Gasteiger partial charge is 0.393 e. The van der Waals surface area contributed by atoms with Gasteiger partial charge >= 0.3 is 6.18 Å². The monoisotopic (exact) mass is 599 g/mol. The number of anilines is 2. The molecule has 6 rings (SSSR count). The number of hydrogen-bond acceptors (Lipinski definition) is 10. The molecular formula is C29H32F3N7O2S. The quantitative estimate of drug-likeness (QED) is 0.286. The third kappa shape index (κ3) is 5.99. The minimum atomic E-state index is -4.29. The Morgan fingerprint density at radius 2 is 1.90 bits per heavy atom. The molecule has 13 heteroatoms. The first-order valence-electron chi connectivity index (χ1n) is 13.9. The fourth-order valence-corrected chi connectivity index (χ4v) is 6.68. The predicted octanol–water partition coefficient (Wildman–Crippen LogP) is 4.59. The van der Waals surface area contributed by atoms with Crippen molar-refractivity contribution in [3.63, 3.8) is 0 Å². The van der Waals surface area contributed by atoms with E-state index in [9.17, 15) is 18.3 Å². The molecule has 0 unspecified atom stereocenters. The number of aliphatic hydroxyl groups is 1. The van der Waals surface area contributed by atoms with Gasteiger partial charge in [-0.2, -0.15) is 13.2 Å². The molecular weight excluding hydrogens is 567 g/mol. The molecule has 3 atom stereocenters. The lowest BCUT2D eigenvalue weighted by molar-refractivity contribution is -0.126. The van der Waals surface area contributed by atoms with E-state index in [0.717, 1.165) is 53.5 Å². The average molecular weight is 600 g/mol. The zero-order valence-corrected chi connectivity index (χ0v) is 24.1. The van der Waals surface area contributed by atoms with Crippen molar-refractivity contribution in [3.05, 3.63) is 53.2 Å². The first-order chi connectivity index (χ1) is 20.2. The first-order valence-corrected chi connectivity index (χ1v) is 14.7. The highest BCUT2D eigenvalue weighted by Crippen LogP contribution is 2.36. The van der Waals surface area contributed by atoms with Crippen LogP contribution >= 0.6 is 11.3 Å². The SMILES string of the molecule is COc1cc(-c2ccc(CN[C@H]3C[C@@H](O)[C@@H](N(C)c4ncnc5sc(CC(F)(F)F)cc45)C3)cc2)nnc1N1CCC1. The lowest BCUT2D eigenvalue weighted by atomic mass is 10.1. The largest absolute Gasteiger partial charge is 0.493 e. The molecule has 42 heavy (non-hydrogen) atoms. The molecule has 222 valence electrons. The van der Waals surface area contributed by atoms with Gasteiger partial charge in [0.25, 0.3) is 0 Å². The summed E-state index contributed by atoms with van der Waals surface area (Å²) in [5, 5.41) is 23.8. The van der Waals surface area contributed by atoms with E-state index in [1.54, 1.807) is 7.11 Å². The van der Waals surface area contributed by atoms with Gasteiger partial charge in [0.15, 0.2) is 11.6 Å². The van der Waals surface area contributed by atoms with Gasteiger partial charge in [-0.15, -0.1) is 21.5 Å². The molecule has 0 amide bonds. The summed E-state index contributed by atoms with van der Waals surface area (Å²) in [4.78, 5) is 13.3. The molecule has 1 aliphatic heterocycles. The number of thiophene rings is 1. The van der Waals surface area contributed by atoms with E-state index in [1.165, 1.54) is 12.4 Å². The number of benzene rings is 1. The number of aromatic nitrogens is 4. The molecule has 1 aliphatic carbocycles. The van der Waals surface area contributed by atoms with E-state index in [1.807, 2.05) is 42.3 Å². The molecule has 2 N–H and O–H groups in total. The summed E-state index contributed by atoms with van der Waals surface area (Å²) in [5.41, 5.74) is 2.78. The van der Waals surface area contributed by atoms with E-state index >= 15 is 0 Å². The number of alkyl halides is 3. The molecule has 9 nitrogen and oxygen atoms in total. The van der Waals surface area contributed by atoms with Gasteiger partial charge in [-0.1, -0.05) is 24.3 Å². The van der Waals surface area contributed by atoms with Crippen LogP contribution in [0.4, 0.5) is 24.8 Å². The maximum atomic E-state index is 12.9. The van der Waals surface area contributed by atoms with Gasteiger partial charge in [0.1, 0.15) is 17.0 Å². The average Bonchev–Trinajstić information content (AvgIpc) is 3.52. The van der Waals surface area contributed by atoms with Crippen LogP contribution in [0.1, 0.15) is 29.7 Å². The third-order valence-electron chi connectivity index (χ3n) is 8.02. The van der Waals surface area contributed by atoms with Crippen molar-refractivity contribution in [3.8, 4) is 17.0 Å². The van der Waals surface area contributed by atoms with Crippen LogP contribution in [0.15, 0.2) is 42.7 Å². The topological polar surface area (TPSA) is 99.5 Å². The van der Waals surface area contributed by atoms with Gasteiger partial charge < -0.3 is 25.0 Å². The van der Waals surface area contributed by atoms with E-state index < -0.39 is 18.7 Å². The van der Waals surface area contributed by atoms with E-state index in [2.05, 4.69) is 30.4 Å². The number of nitrogens with zero attached hydrogens (tertiary/aromatic N) is 6. The number of likely N-dealkylation sites (N-methyl/N-ethyl adjacent to an activating group) is 1. The van der Waals surface area contributed by atoms with Crippen LogP contribution < -0.4 is 19.9 Å². The van der Waals surface area contributed by atoms with Crippen molar-refractivity contribution in [2.75, 3.05) is 37.0 Å². The van der Waals surface area contributed by atoms with E-state index in [-0.39, 0.29) is 17.0 Å². The van der Waals surface area contributed by atoms with Crippen LogP contribution in [0.2, 0.25) is 0 Å². The Bertz CT molecular complexity index is 1540. The van der Waals surface area contributed by atoms with Gasteiger partial charge in [0.2, 0.25) is 0 Å². The number of halogens is 3. The lowest BCUT2D eigenvalue weighted by Crippen LogP contribution is -2.38. The summed E-state index contributed by atoms with van der Waals surface area (Å²) >= 11 is 1.02. The molecule has 0 bridgehead atoms. The van der Waals surface area contributed by atoms with Crippen LogP contribution in [0.5, 0.6) is 5.75 Å². The number of rotatable bonds is 9. The Kier molecular flexibility index (Phi) is 7.90. The van der Waals surface area contributed by atoms with Crippen molar-refractivity contribution in [1.82, 2.24) is 25.5 Å². The summed E-state index contributed by atoms with van der Waals surface area (Å²) < 4.78 is 44.4. The number of fused-ring (bicyclic) bond motifs is 1. The van der Waals surface area contributed by atoms with Crippen molar-refractivity contribution < 1.29 is 23.0 Å². The first kappa shape index (κ1) is 28.6. The minimum Gasteiger partial charge on any atom is -0.493 e. The van der Waals surface area contributed by atoms with Gasteiger partial charge in [0, 0.05) is 49.2 Å². The Morgan fingerprint density at radius 1 is 1.12 bits per heavy atom. The zero-order chi connectivity index (χ0) is 29.4. The van der Waals surface area contributed by atoms with Crippen LogP contribution in [-0.4, -0.2) is 76.9 Å².